The zero-order valence-corrected chi connectivity index (χ0v) is 12.2. The van der Waals surface area contributed by atoms with Crippen molar-refractivity contribution in [1.29, 1.82) is 0 Å². The second kappa shape index (κ2) is 6.78. The molecule has 1 heterocycles. The van der Waals surface area contributed by atoms with Gasteiger partial charge in [-0.15, -0.1) is 0 Å². The van der Waals surface area contributed by atoms with Gasteiger partial charge in [0.2, 0.25) is 5.91 Å². The van der Waals surface area contributed by atoms with Crippen molar-refractivity contribution in [3.8, 4) is 5.75 Å². The SMILES string of the molecule is COC(=O)[C@@H](CO)NC(=O)[C@H]1COc2ccc(Cl)cc2C1. The Labute approximate surface area is 127 Å². The van der Waals surface area contributed by atoms with Gasteiger partial charge in [0.15, 0.2) is 6.04 Å². The first kappa shape index (κ1) is 15.6. The van der Waals surface area contributed by atoms with Crippen LogP contribution in [-0.4, -0.2) is 43.3 Å². The van der Waals surface area contributed by atoms with Crippen molar-refractivity contribution in [2.75, 3.05) is 20.3 Å². The molecule has 0 radical (unpaired) electrons. The van der Waals surface area contributed by atoms with Crippen LogP contribution in [0.15, 0.2) is 18.2 Å². The molecular formula is C14H16ClNO5. The minimum atomic E-state index is -1.07. The van der Waals surface area contributed by atoms with Crippen LogP contribution in [0.3, 0.4) is 0 Å². The average molecular weight is 314 g/mol. The van der Waals surface area contributed by atoms with Gasteiger partial charge in [-0.25, -0.2) is 4.79 Å². The number of aliphatic hydroxyl groups excluding tert-OH is 1. The van der Waals surface area contributed by atoms with Gasteiger partial charge in [0.25, 0.3) is 0 Å². The Morgan fingerprint density at radius 3 is 3.00 bits per heavy atom. The van der Waals surface area contributed by atoms with Crippen molar-refractivity contribution >= 4 is 23.5 Å². The number of esters is 1. The molecule has 1 aliphatic heterocycles. The van der Waals surface area contributed by atoms with E-state index in [1.54, 1.807) is 18.2 Å². The Kier molecular flexibility index (Phi) is 5.03. The van der Waals surface area contributed by atoms with Crippen molar-refractivity contribution < 1.29 is 24.2 Å². The molecule has 1 aliphatic rings. The number of carbonyl (C=O) groups is 2. The maximum atomic E-state index is 12.1. The maximum Gasteiger partial charge on any atom is 0.330 e. The van der Waals surface area contributed by atoms with Gasteiger partial charge in [-0.3, -0.25) is 4.79 Å². The van der Waals surface area contributed by atoms with Crippen molar-refractivity contribution in [1.82, 2.24) is 5.32 Å². The van der Waals surface area contributed by atoms with E-state index in [-0.39, 0.29) is 12.5 Å². The molecule has 1 aromatic rings. The summed E-state index contributed by atoms with van der Waals surface area (Å²) in [5.74, 6) is -0.805. The second-order valence-corrected chi connectivity index (χ2v) is 5.17. The highest BCUT2D eigenvalue weighted by Gasteiger charge is 2.29. The Bertz CT molecular complexity index is 548. The minimum Gasteiger partial charge on any atom is -0.492 e. The van der Waals surface area contributed by atoms with Crippen molar-refractivity contribution in [3.63, 3.8) is 0 Å². The van der Waals surface area contributed by atoms with E-state index in [0.717, 1.165) is 5.56 Å². The number of aliphatic hydroxyl groups is 1. The number of hydrogen-bond donors (Lipinski definition) is 2. The molecule has 114 valence electrons. The first-order valence-corrected chi connectivity index (χ1v) is 6.83. The van der Waals surface area contributed by atoms with E-state index in [9.17, 15) is 9.59 Å². The zero-order chi connectivity index (χ0) is 15.4. The number of rotatable bonds is 4. The predicted octanol–water partition coefficient (Wildman–Crippen LogP) is 0.541. The van der Waals surface area contributed by atoms with Gasteiger partial charge in [-0.2, -0.15) is 0 Å². The molecule has 21 heavy (non-hydrogen) atoms. The van der Waals surface area contributed by atoms with Crippen LogP contribution < -0.4 is 10.1 Å². The third-order valence-electron chi connectivity index (χ3n) is 3.28. The summed E-state index contributed by atoms with van der Waals surface area (Å²) in [6.45, 7) is -0.311. The summed E-state index contributed by atoms with van der Waals surface area (Å²) >= 11 is 5.92. The van der Waals surface area contributed by atoms with Crippen LogP contribution in [0.4, 0.5) is 0 Å². The molecule has 0 aliphatic carbocycles. The van der Waals surface area contributed by atoms with Crippen LogP contribution in [0, 0.1) is 5.92 Å². The lowest BCUT2D eigenvalue weighted by Gasteiger charge is -2.26. The molecular weight excluding hydrogens is 298 g/mol. The number of halogens is 1. The number of fused-ring (bicyclic) bond motifs is 1. The van der Waals surface area contributed by atoms with Gasteiger partial charge < -0.3 is 19.9 Å². The maximum absolute atomic E-state index is 12.1. The Balaban J connectivity index is 2.03. The zero-order valence-electron chi connectivity index (χ0n) is 11.5. The smallest absolute Gasteiger partial charge is 0.330 e. The van der Waals surface area contributed by atoms with E-state index in [1.807, 2.05) is 0 Å². The topological polar surface area (TPSA) is 84.9 Å². The fourth-order valence-corrected chi connectivity index (χ4v) is 2.34. The molecule has 0 unspecified atom stereocenters. The van der Waals surface area contributed by atoms with Crippen LogP contribution in [0.1, 0.15) is 5.56 Å². The third kappa shape index (κ3) is 3.65. The highest BCUT2D eigenvalue weighted by atomic mass is 35.5. The first-order chi connectivity index (χ1) is 10.0. The van der Waals surface area contributed by atoms with Crippen LogP contribution in [-0.2, 0) is 20.7 Å². The monoisotopic (exact) mass is 313 g/mol. The fourth-order valence-electron chi connectivity index (χ4n) is 2.14. The Morgan fingerprint density at radius 1 is 1.57 bits per heavy atom. The van der Waals surface area contributed by atoms with Crippen molar-refractivity contribution in [2.45, 2.75) is 12.5 Å². The summed E-state index contributed by atoms with van der Waals surface area (Å²) in [5.41, 5.74) is 0.840. The van der Waals surface area contributed by atoms with Crippen LogP contribution >= 0.6 is 11.6 Å². The number of benzene rings is 1. The summed E-state index contributed by atoms with van der Waals surface area (Å²) in [5, 5.41) is 12.1. The normalized spacial score (nSPS) is 18.1. The number of nitrogens with one attached hydrogen (secondary N) is 1. The fraction of sp³-hybridized carbons (Fsp3) is 0.429. The molecule has 1 aromatic carbocycles. The largest absolute Gasteiger partial charge is 0.492 e. The van der Waals surface area contributed by atoms with Gasteiger partial charge in [0, 0.05) is 5.02 Å². The number of ether oxygens (including phenoxy) is 2. The summed E-state index contributed by atoms with van der Waals surface area (Å²) in [6, 6.07) is 4.17. The second-order valence-electron chi connectivity index (χ2n) is 4.73. The standard InChI is InChI=1S/C14H16ClNO5/c1-20-14(19)11(6-17)16-13(18)9-4-8-5-10(15)2-3-12(8)21-7-9/h2-3,5,9,11,17H,4,6-7H2,1H3,(H,16,18)/t9-,11-/m1/s1. The first-order valence-electron chi connectivity index (χ1n) is 6.45. The molecule has 0 saturated carbocycles. The highest BCUT2D eigenvalue weighted by Crippen LogP contribution is 2.29. The van der Waals surface area contributed by atoms with E-state index in [2.05, 4.69) is 10.1 Å². The van der Waals surface area contributed by atoms with Gasteiger partial charge in [-0.05, 0) is 30.2 Å². The van der Waals surface area contributed by atoms with Crippen molar-refractivity contribution in [3.05, 3.63) is 28.8 Å². The molecule has 0 bridgehead atoms. The van der Waals surface area contributed by atoms with E-state index in [0.29, 0.717) is 17.2 Å². The predicted molar refractivity (Wildman–Crippen MR) is 75.2 cm³/mol. The Hall–Kier alpha value is -1.79. The van der Waals surface area contributed by atoms with Gasteiger partial charge >= 0.3 is 5.97 Å². The molecule has 1 amide bonds. The third-order valence-corrected chi connectivity index (χ3v) is 3.52. The summed E-state index contributed by atoms with van der Waals surface area (Å²) in [6.07, 6.45) is 0.459. The highest BCUT2D eigenvalue weighted by molar-refractivity contribution is 6.30. The lowest BCUT2D eigenvalue weighted by Crippen LogP contribution is -2.48. The van der Waals surface area contributed by atoms with Crippen LogP contribution in [0.2, 0.25) is 5.02 Å². The summed E-state index contributed by atoms with van der Waals surface area (Å²) in [4.78, 5) is 23.5. The van der Waals surface area contributed by atoms with Crippen molar-refractivity contribution in [2.24, 2.45) is 5.92 Å². The molecule has 2 atom stereocenters. The average Bonchev–Trinajstić information content (AvgIpc) is 2.50. The van der Waals surface area contributed by atoms with Crippen LogP contribution in [0.25, 0.3) is 0 Å². The molecule has 2 N–H and O–H groups in total. The lowest BCUT2D eigenvalue weighted by molar-refractivity contribution is -0.147. The van der Waals surface area contributed by atoms with Gasteiger partial charge in [-0.1, -0.05) is 11.6 Å². The van der Waals surface area contributed by atoms with E-state index < -0.39 is 24.5 Å². The number of hydrogen-bond acceptors (Lipinski definition) is 5. The lowest BCUT2D eigenvalue weighted by atomic mass is 9.96. The Morgan fingerprint density at radius 2 is 2.33 bits per heavy atom. The molecule has 0 saturated heterocycles. The molecule has 7 heteroatoms. The summed E-state index contributed by atoms with van der Waals surface area (Å²) < 4.78 is 10.0. The number of methoxy groups -OCH3 is 1. The van der Waals surface area contributed by atoms with Gasteiger partial charge in [0.05, 0.1) is 19.6 Å². The minimum absolute atomic E-state index is 0.208. The number of amides is 1. The molecule has 2 rings (SSSR count). The quantitative estimate of drug-likeness (QED) is 0.793. The van der Waals surface area contributed by atoms with Gasteiger partial charge in [0.1, 0.15) is 12.4 Å². The van der Waals surface area contributed by atoms with E-state index >= 15 is 0 Å². The van der Waals surface area contributed by atoms with E-state index in [1.165, 1.54) is 7.11 Å². The molecule has 0 aromatic heterocycles. The van der Waals surface area contributed by atoms with Crippen LogP contribution in [0.5, 0.6) is 5.75 Å². The molecule has 0 spiro atoms. The molecule has 6 nitrogen and oxygen atoms in total. The molecule has 0 fully saturated rings. The number of carbonyl (C=O) groups excluding carboxylic acids is 2. The van der Waals surface area contributed by atoms with E-state index in [4.69, 9.17) is 21.4 Å². The summed E-state index contributed by atoms with van der Waals surface area (Å²) in [7, 11) is 1.19.